The van der Waals surface area contributed by atoms with Gasteiger partial charge in [0.15, 0.2) is 5.76 Å². The summed E-state index contributed by atoms with van der Waals surface area (Å²) in [6, 6.07) is 6.53. The first-order valence-corrected chi connectivity index (χ1v) is 9.75. The number of halogens is 1. The van der Waals surface area contributed by atoms with Gasteiger partial charge in [0.25, 0.3) is 0 Å². The van der Waals surface area contributed by atoms with E-state index in [-0.39, 0.29) is 17.6 Å². The molecule has 0 aliphatic carbocycles. The Morgan fingerprint density at radius 3 is 2.78 bits per heavy atom. The van der Waals surface area contributed by atoms with E-state index in [0.29, 0.717) is 23.8 Å². The molecule has 3 rings (SSSR count). The molecule has 6 heteroatoms. The first-order chi connectivity index (χ1) is 13.1. The van der Waals surface area contributed by atoms with Gasteiger partial charge in [-0.25, -0.2) is 9.37 Å². The van der Waals surface area contributed by atoms with Crippen LogP contribution in [0.5, 0.6) is 0 Å². The fraction of sp³-hybridized carbons (Fsp3) is 0.524. The maximum absolute atomic E-state index is 13.9. The summed E-state index contributed by atoms with van der Waals surface area (Å²) in [5, 5.41) is 0. The zero-order chi connectivity index (χ0) is 19.2. The summed E-state index contributed by atoms with van der Waals surface area (Å²) < 4.78 is 19.6. The Balaban J connectivity index is 1.51. The van der Waals surface area contributed by atoms with Crippen molar-refractivity contribution in [3.8, 4) is 11.3 Å². The molecule has 1 aromatic carbocycles. The Hall–Kier alpha value is -2.21. The molecule has 146 valence electrons. The number of benzene rings is 1. The topological polar surface area (TPSA) is 49.6 Å². The fourth-order valence-electron chi connectivity index (χ4n) is 3.52. The van der Waals surface area contributed by atoms with Crippen molar-refractivity contribution in [1.29, 1.82) is 0 Å². The molecule has 0 atom stereocenters. The molecular formula is C21H28FN3O2. The molecule has 1 aliphatic rings. The number of hydrogen-bond acceptors (Lipinski definition) is 4. The second-order valence-corrected chi connectivity index (χ2v) is 7.26. The second kappa shape index (κ2) is 9.13. The van der Waals surface area contributed by atoms with Crippen molar-refractivity contribution in [3.63, 3.8) is 0 Å². The van der Waals surface area contributed by atoms with E-state index < -0.39 is 0 Å². The normalized spacial score (nSPS) is 15.8. The fourth-order valence-corrected chi connectivity index (χ4v) is 3.52. The minimum absolute atomic E-state index is 0.113. The van der Waals surface area contributed by atoms with Crippen LogP contribution >= 0.6 is 0 Å². The summed E-state index contributed by atoms with van der Waals surface area (Å²) in [4.78, 5) is 20.9. The van der Waals surface area contributed by atoms with Crippen LogP contribution in [0.1, 0.15) is 38.5 Å². The van der Waals surface area contributed by atoms with Gasteiger partial charge < -0.3 is 9.32 Å². The summed E-state index contributed by atoms with van der Waals surface area (Å²) in [6.07, 6.45) is 5.44. The van der Waals surface area contributed by atoms with Gasteiger partial charge >= 0.3 is 0 Å². The molecule has 1 aromatic heterocycles. The number of rotatable bonds is 7. The van der Waals surface area contributed by atoms with Crippen molar-refractivity contribution in [2.24, 2.45) is 5.92 Å². The lowest BCUT2D eigenvalue weighted by molar-refractivity contribution is -0.135. The number of piperidine rings is 1. The van der Waals surface area contributed by atoms with Crippen LogP contribution < -0.4 is 0 Å². The largest absolute Gasteiger partial charge is 0.439 e. The van der Waals surface area contributed by atoms with Gasteiger partial charge in [-0.2, -0.15) is 0 Å². The van der Waals surface area contributed by atoms with E-state index in [9.17, 15) is 9.18 Å². The Morgan fingerprint density at radius 2 is 2.07 bits per heavy atom. The van der Waals surface area contributed by atoms with Crippen molar-refractivity contribution in [2.75, 3.05) is 26.7 Å². The number of hydrogen-bond donors (Lipinski definition) is 0. The van der Waals surface area contributed by atoms with Gasteiger partial charge in [0.2, 0.25) is 11.8 Å². The molecule has 0 saturated carbocycles. The third-order valence-electron chi connectivity index (χ3n) is 5.21. The predicted octanol–water partition coefficient (Wildman–Crippen LogP) is 3.95. The minimum atomic E-state index is -0.313. The van der Waals surface area contributed by atoms with Crippen LogP contribution in [0.3, 0.4) is 0 Å². The molecule has 2 aromatic rings. The number of carbonyl (C=O) groups is 1. The molecule has 0 N–H and O–H groups in total. The number of oxazole rings is 1. The highest BCUT2D eigenvalue weighted by Gasteiger charge is 2.27. The van der Waals surface area contributed by atoms with Crippen molar-refractivity contribution < 1.29 is 13.6 Å². The summed E-state index contributed by atoms with van der Waals surface area (Å²) in [7, 11) is 1.90. The summed E-state index contributed by atoms with van der Waals surface area (Å²) in [5.74, 6) is 1.10. The SMILES string of the molecule is CCCCN(C)C(=O)C1CCN(Cc2ncc(-c3ccccc3F)o2)CC1. The van der Waals surface area contributed by atoms with Gasteiger partial charge in [-0.3, -0.25) is 9.69 Å². The first kappa shape index (κ1) is 19.5. The minimum Gasteiger partial charge on any atom is -0.439 e. The highest BCUT2D eigenvalue weighted by atomic mass is 19.1. The molecule has 1 saturated heterocycles. The zero-order valence-electron chi connectivity index (χ0n) is 16.2. The van der Waals surface area contributed by atoms with E-state index >= 15 is 0 Å². The number of carbonyl (C=O) groups excluding carboxylic acids is 1. The first-order valence-electron chi connectivity index (χ1n) is 9.75. The Bertz CT molecular complexity index is 753. The summed E-state index contributed by atoms with van der Waals surface area (Å²) in [6.45, 7) is 5.24. The summed E-state index contributed by atoms with van der Waals surface area (Å²) >= 11 is 0. The predicted molar refractivity (Wildman–Crippen MR) is 102 cm³/mol. The van der Waals surface area contributed by atoms with Gasteiger partial charge in [0, 0.05) is 19.5 Å². The lowest BCUT2D eigenvalue weighted by Gasteiger charge is -2.32. The lowest BCUT2D eigenvalue weighted by atomic mass is 9.95. The molecule has 0 unspecified atom stereocenters. The standard InChI is InChI=1S/C21H28FN3O2/c1-3-4-11-24(2)21(26)16-9-12-25(13-10-16)15-20-23-14-19(27-20)17-7-5-6-8-18(17)22/h5-8,14,16H,3-4,9-13,15H2,1-2H3. The molecule has 0 spiro atoms. The molecule has 0 radical (unpaired) electrons. The smallest absolute Gasteiger partial charge is 0.225 e. The maximum atomic E-state index is 13.9. The molecule has 1 amide bonds. The molecule has 0 bridgehead atoms. The summed E-state index contributed by atoms with van der Waals surface area (Å²) in [5.41, 5.74) is 0.427. The van der Waals surface area contributed by atoms with Crippen LogP contribution in [0.15, 0.2) is 34.9 Å². The number of aromatic nitrogens is 1. The van der Waals surface area contributed by atoms with Gasteiger partial charge in [-0.05, 0) is 44.5 Å². The quantitative estimate of drug-likeness (QED) is 0.737. The van der Waals surface area contributed by atoms with E-state index in [2.05, 4.69) is 16.8 Å². The maximum Gasteiger partial charge on any atom is 0.225 e. The lowest BCUT2D eigenvalue weighted by Crippen LogP contribution is -2.41. The molecular weight excluding hydrogens is 345 g/mol. The number of nitrogens with zero attached hydrogens (tertiary/aromatic N) is 3. The van der Waals surface area contributed by atoms with Crippen LogP contribution in [0, 0.1) is 11.7 Å². The number of likely N-dealkylation sites (tertiary alicyclic amines) is 1. The van der Waals surface area contributed by atoms with E-state index in [0.717, 1.165) is 45.3 Å². The third kappa shape index (κ3) is 4.95. The molecule has 27 heavy (non-hydrogen) atoms. The Kier molecular flexibility index (Phi) is 6.61. The van der Waals surface area contributed by atoms with Crippen LogP contribution in [0.4, 0.5) is 4.39 Å². The highest BCUT2D eigenvalue weighted by molar-refractivity contribution is 5.78. The van der Waals surface area contributed by atoms with Crippen LogP contribution in [0.25, 0.3) is 11.3 Å². The average Bonchev–Trinajstić information content (AvgIpc) is 3.14. The van der Waals surface area contributed by atoms with Gasteiger partial charge in [-0.15, -0.1) is 0 Å². The van der Waals surface area contributed by atoms with Gasteiger partial charge in [0.1, 0.15) is 5.82 Å². The van der Waals surface area contributed by atoms with Crippen molar-refractivity contribution in [3.05, 3.63) is 42.2 Å². The molecule has 1 aliphatic heterocycles. The van der Waals surface area contributed by atoms with Gasteiger partial charge in [-0.1, -0.05) is 25.5 Å². The molecule has 5 nitrogen and oxygen atoms in total. The highest BCUT2D eigenvalue weighted by Crippen LogP contribution is 2.25. The van der Waals surface area contributed by atoms with Crippen LogP contribution in [-0.4, -0.2) is 47.4 Å². The third-order valence-corrected chi connectivity index (χ3v) is 5.21. The van der Waals surface area contributed by atoms with E-state index in [4.69, 9.17) is 4.42 Å². The average molecular weight is 373 g/mol. The monoisotopic (exact) mass is 373 g/mol. The molecule has 2 heterocycles. The zero-order valence-corrected chi connectivity index (χ0v) is 16.2. The van der Waals surface area contributed by atoms with Gasteiger partial charge in [0.05, 0.1) is 18.3 Å². The Labute approximate surface area is 160 Å². The number of amides is 1. The Morgan fingerprint density at radius 1 is 1.33 bits per heavy atom. The molecule has 1 fully saturated rings. The van der Waals surface area contributed by atoms with Crippen molar-refractivity contribution >= 4 is 5.91 Å². The van der Waals surface area contributed by atoms with Crippen LogP contribution in [0.2, 0.25) is 0 Å². The second-order valence-electron chi connectivity index (χ2n) is 7.26. The number of unbranched alkanes of at least 4 members (excludes halogenated alkanes) is 1. The van der Waals surface area contributed by atoms with E-state index in [1.165, 1.54) is 6.07 Å². The van der Waals surface area contributed by atoms with E-state index in [1.807, 2.05) is 11.9 Å². The van der Waals surface area contributed by atoms with Crippen molar-refractivity contribution in [1.82, 2.24) is 14.8 Å². The van der Waals surface area contributed by atoms with E-state index in [1.54, 1.807) is 24.4 Å². The van der Waals surface area contributed by atoms with Crippen LogP contribution in [-0.2, 0) is 11.3 Å². The van der Waals surface area contributed by atoms with Crippen molar-refractivity contribution in [2.45, 2.75) is 39.2 Å².